The van der Waals surface area contributed by atoms with Crippen LogP contribution in [0, 0.1) is 5.92 Å². The third kappa shape index (κ3) is 2.25. The van der Waals surface area contributed by atoms with Crippen molar-refractivity contribution in [2.45, 2.75) is 13.3 Å². The van der Waals surface area contributed by atoms with Crippen molar-refractivity contribution in [3.05, 3.63) is 23.8 Å². The lowest BCUT2D eigenvalue weighted by molar-refractivity contribution is 0.0671. The number of anilines is 1. The lowest BCUT2D eigenvalue weighted by atomic mass is 10.0. The number of fused-ring (bicyclic) bond motifs is 1. The van der Waals surface area contributed by atoms with Gasteiger partial charge in [-0.1, -0.05) is 13.0 Å². The normalized spacial score (nSPS) is 19.6. The molecule has 0 saturated carbocycles. The standard InChI is InChI=1S/C14H20N2O/c1-2-16-8-11(9-16)10-17-13-4-3-12-5-6-15-14(12)7-13/h3-4,7,11,15H,2,5-6,8-10H2,1H3. The fourth-order valence-corrected chi connectivity index (χ4v) is 2.61. The average molecular weight is 232 g/mol. The Kier molecular flexibility index (Phi) is 2.93. The zero-order chi connectivity index (χ0) is 11.7. The molecule has 3 nitrogen and oxygen atoms in total. The number of ether oxygens (including phenoxy) is 1. The second kappa shape index (κ2) is 4.57. The maximum absolute atomic E-state index is 5.86. The molecule has 1 aromatic rings. The van der Waals surface area contributed by atoms with Crippen LogP contribution in [0.15, 0.2) is 18.2 Å². The first-order valence-electron chi connectivity index (χ1n) is 6.57. The van der Waals surface area contributed by atoms with E-state index in [9.17, 15) is 0 Å². The van der Waals surface area contributed by atoms with Crippen LogP contribution >= 0.6 is 0 Å². The minimum Gasteiger partial charge on any atom is -0.493 e. The molecule has 0 aliphatic carbocycles. The number of likely N-dealkylation sites (tertiary alicyclic amines) is 1. The summed E-state index contributed by atoms with van der Waals surface area (Å²) < 4.78 is 5.86. The number of benzene rings is 1. The quantitative estimate of drug-likeness (QED) is 0.859. The van der Waals surface area contributed by atoms with Crippen LogP contribution in [-0.2, 0) is 6.42 Å². The van der Waals surface area contributed by atoms with E-state index >= 15 is 0 Å². The number of nitrogens with one attached hydrogen (secondary N) is 1. The van der Waals surface area contributed by atoms with Gasteiger partial charge in [0.1, 0.15) is 5.75 Å². The van der Waals surface area contributed by atoms with Crippen LogP contribution in [0.3, 0.4) is 0 Å². The summed E-state index contributed by atoms with van der Waals surface area (Å²) in [5, 5.41) is 3.38. The van der Waals surface area contributed by atoms with Crippen molar-refractivity contribution in [2.75, 3.05) is 38.1 Å². The largest absolute Gasteiger partial charge is 0.493 e. The maximum Gasteiger partial charge on any atom is 0.121 e. The highest BCUT2D eigenvalue weighted by atomic mass is 16.5. The molecule has 1 aromatic carbocycles. The molecule has 2 aliphatic heterocycles. The Labute approximate surface area is 103 Å². The number of hydrogen-bond donors (Lipinski definition) is 1. The highest BCUT2D eigenvalue weighted by molar-refractivity contribution is 5.58. The molecule has 3 heteroatoms. The van der Waals surface area contributed by atoms with Gasteiger partial charge in [-0.3, -0.25) is 0 Å². The van der Waals surface area contributed by atoms with E-state index < -0.39 is 0 Å². The molecule has 2 aliphatic rings. The van der Waals surface area contributed by atoms with Gasteiger partial charge in [0.15, 0.2) is 0 Å². The van der Waals surface area contributed by atoms with Crippen LogP contribution in [0.5, 0.6) is 5.75 Å². The summed E-state index contributed by atoms with van der Waals surface area (Å²) in [6.07, 6.45) is 1.14. The molecule has 0 unspecified atom stereocenters. The van der Waals surface area contributed by atoms with Gasteiger partial charge in [0.2, 0.25) is 0 Å². The fourth-order valence-electron chi connectivity index (χ4n) is 2.61. The number of hydrogen-bond acceptors (Lipinski definition) is 3. The summed E-state index contributed by atoms with van der Waals surface area (Å²) in [4.78, 5) is 2.44. The summed E-state index contributed by atoms with van der Waals surface area (Å²) in [6, 6.07) is 6.42. The predicted octanol–water partition coefficient (Wildman–Crippen LogP) is 1.99. The van der Waals surface area contributed by atoms with Crippen molar-refractivity contribution >= 4 is 5.69 Å². The van der Waals surface area contributed by atoms with E-state index in [-0.39, 0.29) is 0 Å². The first-order chi connectivity index (χ1) is 8.35. The molecule has 1 saturated heterocycles. The maximum atomic E-state index is 5.86. The van der Waals surface area contributed by atoms with Gasteiger partial charge in [-0.05, 0) is 24.6 Å². The van der Waals surface area contributed by atoms with Crippen LogP contribution in [0.2, 0.25) is 0 Å². The van der Waals surface area contributed by atoms with Crippen molar-refractivity contribution in [1.82, 2.24) is 4.90 Å². The first kappa shape index (κ1) is 10.9. The fraction of sp³-hybridized carbons (Fsp3) is 0.571. The lowest BCUT2D eigenvalue weighted by Crippen LogP contribution is -2.48. The first-order valence-corrected chi connectivity index (χ1v) is 6.57. The molecule has 1 fully saturated rings. The van der Waals surface area contributed by atoms with E-state index in [0.717, 1.165) is 31.2 Å². The van der Waals surface area contributed by atoms with Gasteiger partial charge in [0.25, 0.3) is 0 Å². The highest BCUT2D eigenvalue weighted by Crippen LogP contribution is 2.27. The highest BCUT2D eigenvalue weighted by Gasteiger charge is 2.25. The topological polar surface area (TPSA) is 24.5 Å². The van der Waals surface area contributed by atoms with E-state index in [1.807, 2.05) is 0 Å². The second-order valence-corrected chi connectivity index (χ2v) is 5.02. The second-order valence-electron chi connectivity index (χ2n) is 5.02. The van der Waals surface area contributed by atoms with E-state index in [1.165, 1.54) is 30.9 Å². The molecule has 0 bridgehead atoms. The van der Waals surface area contributed by atoms with Gasteiger partial charge < -0.3 is 15.0 Å². The van der Waals surface area contributed by atoms with Crippen LogP contribution in [-0.4, -0.2) is 37.7 Å². The third-order valence-corrected chi connectivity index (χ3v) is 3.76. The molecule has 92 valence electrons. The van der Waals surface area contributed by atoms with Crippen molar-refractivity contribution in [1.29, 1.82) is 0 Å². The van der Waals surface area contributed by atoms with Crippen LogP contribution in [0.1, 0.15) is 12.5 Å². The Morgan fingerprint density at radius 2 is 2.29 bits per heavy atom. The summed E-state index contributed by atoms with van der Waals surface area (Å²) in [5.74, 6) is 1.73. The van der Waals surface area contributed by atoms with Crippen molar-refractivity contribution in [3.63, 3.8) is 0 Å². The van der Waals surface area contributed by atoms with E-state index in [4.69, 9.17) is 4.74 Å². The van der Waals surface area contributed by atoms with Crippen molar-refractivity contribution in [2.24, 2.45) is 5.92 Å². The smallest absolute Gasteiger partial charge is 0.121 e. The van der Waals surface area contributed by atoms with Crippen LogP contribution < -0.4 is 10.1 Å². The zero-order valence-electron chi connectivity index (χ0n) is 10.4. The van der Waals surface area contributed by atoms with Gasteiger partial charge >= 0.3 is 0 Å². The predicted molar refractivity (Wildman–Crippen MR) is 69.7 cm³/mol. The van der Waals surface area contributed by atoms with Gasteiger partial charge in [-0.25, -0.2) is 0 Å². The lowest BCUT2D eigenvalue weighted by Gasteiger charge is -2.38. The Morgan fingerprint density at radius 3 is 3.12 bits per heavy atom. The molecule has 1 N–H and O–H groups in total. The van der Waals surface area contributed by atoms with Crippen LogP contribution in [0.25, 0.3) is 0 Å². The Morgan fingerprint density at radius 1 is 1.41 bits per heavy atom. The molecule has 2 heterocycles. The van der Waals surface area contributed by atoms with E-state index in [2.05, 4.69) is 35.3 Å². The molecule has 0 atom stereocenters. The minimum absolute atomic E-state index is 0.719. The summed E-state index contributed by atoms with van der Waals surface area (Å²) >= 11 is 0. The van der Waals surface area contributed by atoms with Crippen molar-refractivity contribution in [3.8, 4) is 5.75 Å². The Hall–Kier alpha value is -1.22. The van der Waals surface area contributed by atoms with Crippen LogP contribution in [0.4, 0.5) is 5.69 Å². The van der Waals surface area contributed by atoms with Crippen molar-refractivity contribution < 1.29 is 4.74 Å². The average Bonchev–Trinajstić information content (AvgIpc) is 2.74. The molecular formula is C14H20N2O. The summed E-state index contributed by atoms with van der Waals surface area (Å²) in [7, 11) is 0. The molecule has 17 heavy (non-hydrogen) atoms. The molecule has 0 amide bonds. The van der Waals surface area contributed by atoms with Gasteiger partial charge in [0, 0.05) is 37.3 Å². The molecule has 3 rings (SSSR count). The molecular weight excluding hydrogens is 212 g/mol. The van der Waals surface area contributed by atoms with Gasteiger partial charge in [-0.15, -0.1) is 0 Å². The summed E-state index contributed by atoms with van der Waals surface area (Å²) in [6.45, 7) is 7.68. The van der Waals surface area contributed by atoms with E-state index in [1.54, 1.807) is 0 Å². The molecule has 0 radical (unpaired) electrons. The zero-order valence-corrected chi connectivity index (χ0v) is 10.4. The Balaban J connectivity index is 1.52. The molecule has 0 aromatic heterocycles. The minimum atomic E-state index is 0.719. The van der Waals surface area contributed by atoms with E-state index in [0.29, 0.717) is 0 Å². The Bertz CT molecular complexity index is 399. The molecule has 0 spiro atoms. The summed E-state index contributed by atoms with van der Waals surface area (Å²) in [5.41, 5.74) is 2.67. The third-order valence-electron chi connectivity index (χ3n) is 3.76. The van der Waals surface area contributed by atoms with Gasteiger partial charge in [-0.2, -0.15) is 0 Å². The SMILES string of the molecule is CCN1CC(COc2ccc3c(c2)NCC3)C1. The van der Waals surface area contributed by atoms with Gasteiger partial charge in [0.05, 0.1) is 6.61 Å². The number of nitrogens with zero attached hydrogens (tertiary/aromatic N) is 1. The monoisotopic (exact) mass is 232 g/mol. The number of rotatable bonds is 4.